The Morgan fingerprint density at radius 2 is 1.87 bits per heavy atom. The molecule has 1 aliphatic carbocycles. The van der Waals surface area contributed by atoms with Crippen LogP contribution in [0.5, 0.6) is 0 Å². The molecule has 1 unspecified atom stereocenters. The van der Waals surface area contributed by atoms with Crippen LogP contribution in [0.2, 0.25) is 18.1 Å². The third-order valence-corrected chi connectivity index (χ3v) is 8.40. The minimum atomic E-state index is -1.59. The molecule has 1 aliphatic rings. The predicted octanol–water partition coefficient (Wildman–Crippen LogP) is 4.51. The van der Waals surface area contributed by atoms with Crippen molar-refractivity contribution in [3.63, 3.8) is 0 Å². The van der Waals surface area contributed by atoms with Crippen LogP contribution in [0.3, 0.4) is 0 Å². The van der Waals surface area contributed by atoms with E-state index < -0.39 is 8.32 Å². The normalized spacial score (nSPS) is 24.3. The Bertz CT molecular complexity index is 237. The zero-order valence-electron chi connectivity index (χ0n) is 11.0. The van der Waals surface area contributed by atoms with E-state index in [0.29, 0.717) is 11.1 Å². The molecule has 1 atom stereocenters. The fourth-order valence-electron chi connectivity index (χ4n) is 1.72. The van der Waals surface area contributed by atoms with Gasteiger partial charge in [0.15, 0.2) is 8.32 Å². The van der Waals surface area contributed by atoms with Gasteiger partial charge in [-0.2, -0.15) is 0 Å². The maximum atomic E-state index is 6.39. The van der Waals surface area contributed by atoms with Crippen LogP contribution in [0.15, 0.2) is 12.2 Å². The van der Waals surface area contributed by atoms with Crippen LogP contribution in [-0.2, 0) is 4.43 Å². The maximum absolute atomic E-state index is 6.39. The predicted molar refractivity (Wildman–Crippen MR) is 69.7 cm³/mol. The van der Waals surface area contributed by atoms with Crippen LogP contribution in [0, 0.1) is 0 Å². The van der Waals surface area contributed by atoms with E-state index in [1.54, 1.807) is 0 Å². The smallest absolute Gasteiger partial charge is 0.192 e. The molecule has 0 bridgehead atoms. The van der Waals surface area contributed by atoms with Crippen molar-refractivity contribution < 1.29 is 4.43 Å². The van der Waals surface area contributed by atoms with Gasteiger partial charge in [0.2, 0.25) is 0 Å². The van der Waals surface area contributed by atoms with Crippen LogP contribution >= 0.6 is 0 Å². The van der Waals surface area contributed by atoms with Crippen molar-refractivity contribution in [3.05, 3.63) is 12.2 Å². The molecule has 1 saturated carbocycles. The van der Waals surface area contributed by atoms with E-state index in [-0.39, 0.29) is 0 Å². The van der Waals surface area contributed by atoms with Crippen molar-refractivity contribution in [2.45, 2.75) is 70.7 Å². The Labute approximate surface area is 96.0 Å². The van der Waals surface area contributed by atoms with Gasteiger partial charge in [-0.3, -0.25) is 0 Å². The first-order chi connectivity index (χ1) is 6.74. The molecule has 15 heavy (non-hydrogen) atoms. The van der Waals surface area contributed by atoms with E-state index in [0.717, 1.165) is 0 Å². The molecule has 88 valence electrons. The van der Waals surface area contributed by atoms with Crippen LogP contribution < -0.4 is 0 Å². The lowest BCUT2D eigenvalue weighted by Crippen LogP contribution is -2.44. The van der Waals surface area contributed by atoms with Gasteiger partial charge in [0.25, 0.3) is 0 Å². The highest BCUT2D eigenvalue weighted by Gasteiger charge is 2.39. The molecule has 0 aromatic rings. The standard InChI is InChI=1S/C13H26OSi/c1-11-9-7-8-10-12(11)14-15(5,6)13(2,3)4/h12H,1,7-10H2,2-6H3. The summed E-state index contributed by atoms with van der Waals surface area (Å²) in [5.41, 5.74) is 1.33. The van der Waals surface area contributed by atoms with Crippen molar-refractivity contribution >= 4 is 8.32 Å². The first-order valence-electron chi connectivity index (χ1n) is 6.09. The first kappa shape index (κ1) is 13.0. The highest BCUT2D eigenvalue weighted by molar-refractivity contribution is 6.74. The summed E-state index contributed by atoms with van der Waals surface area (Å²) in [6, 6.07) is 0. The monoisotopic (exact) mass is 226 g/mol. The second-order valence-corrected chi connectivity index (χ2v) is 11.0. The van der Waals surface area contributed by atoms with E-state index in [9.17, 15) is 0 Å². The van der Waals surface area contributed by atoms with Crippen LogP contribution in [0.25, 0.3) is 0 Å². The summed E-state index contributed by atoms with van der Waals surface area (Å²) >= 11 is 0. The Hall–Kier alpha value is -0.0831. The number of hydrogen-bond donors (Lipinski definition) is 0. The summed E-state index contributed by atoms with van der Waals surface area (Å²) in [5.74, 6) is 0. The average Bonchev–Trinajstić information content (AvgIpc) is 2.06. The van der Waals surface area contributed by atoms with Gasteiger partial charge in [-0.15, -0.1) is 0 Å². The SMILES string of the molecule is C=C1CCCCC1O[Si](C)(C)C(C)(C)C. The minimum absolute atomic E-state index is 0.310. The lowest BCUT2D eigenvalue weighted by molar-refractivity contribution is 0.184. The topological polar surface area (TPSA) is 9.23 Å². The molecular weight excluding hydrogens is 200 g/mol. The molecule has 0 spiro atoms. The summed E-state index contributed by atoms with van der Waals surface area (Å²) in [4.78, 5) is 0. The molecular formula is C13H26OSi. The lowest BCUT2D eigenvalue weighted by Gasteiger charge is -2.41. The molecule has 0 amide bonds. The molecule has 0 aromatic heterocycles. The zero-order valence-corrected chi connectivity index (χ0v) is 12.0. The largest absolute Gasteiger partial charge is 0.410 e. The second kappa shape index (κ2) is 4.42. The molecule has 0 saturated heterocycles. The summed E-state index contributed by atoms with van der Waals surface area (Å²) in [7, 11) is -1.59. The fraction of sp³-hybridized carbons (Fsp3) is 0.846. The number of hydrogen-bond acceptors (Lipinski definition) is 1. The number of rotatable bonds is 2. The Morgan fingerprint density at radius 3 is 2.33 bits per heavy atom. The molecule has 0 aromatic carbocycles. The molecule has 2 heteroatoms. The van der Waals surface area contributed by atoms with Crippen molar-refractivity contribution in [3.8, 4) is 0 Å². The zero-order chi connectivity index (χ0) is 11.7. The Morgan fingerprint density at radius 1 is 1.27 bits per heavy atom. The highest BCUT2D eigenvalue weighted by Crippen LogP contribution is 2.39. The van der Waals surface area contributed by atoms with Crippen LogP contribution in [0.4, 0.5) is 0 Å². The van der Waals surface area contributed by atoms with E-state index in [1.165, 1.54) is 31.3 Å². The minimum Gasteiger partial charge on any atom is -0.410 e. The van der Waals surface area contributed by atoms with E-state index >= 15 is 0 Å². The van der Waals surface area contributed by atoms with E-state index in [4.69, 9.17) is 4.43 Å². The Kier molecular flexibility index (Phi) is 3.83. The summed E-state index contributed by atoms with van der Waals surface area (Å²) in [6.07, 6.45) is 5.30. The third kappa shape index (κ3) is 3.18. The van der Waals surface area contributed by atoms with Gasteiger partial charge in [0, 0.05) is 0 Å². The highest BCUT2D eigenvalue weighted by atomic mass is 28.4. The lowest BCUT2D eigenvalue weighted by atomic mass is 9.94. The van der Waals surface area contributed by atoms with Gasteiger partial charge < -0.3 is 4.43 Å². The van der Waals surface area contributed by atoms with Gasteiger partial charge >= 0.3 is 0 Å². The van der Waals surface area contributed by atoms with Crippen LogP contribution in [0.1, 0.15) is 46.5 Å². The molecule has 1 fully saturated rings. The van der Waals surface area contributed by atoms with Gasteiger partial charge in [0.1, 0.15) is 0 Å². The molecule has 0 aliphatic heterocycles. The average molecular weight is 226 g/mol. The van der Waals surface area contributed by atoms with Crippen molar-refractivity contribution in [2.24, 2.45) is 0 Å². The third-order valence-electron chi connectivity index (χ3n) is 3.91. The summed E-state index contributed by atoms with van der Waals surface area (Å²) < 4.78 is 6.39. The van der Waals surface area contributed by atoms with E-state index in [2.05, 4.69) is 40.4 Å². The van der Waals surface area contributed by atoms with E-state index in [1.807, 2.05) is 0 Å². The van der Waals surface area contributed by atoms with Gasteiger partial charge in [-0.1, -0.05) is 39.3 Å². The molecule has 0 heterocycles. The first-order valence-corrected chi connectivity index (χ1v) is 9.00. The van der Waals surface area contributed by atoms with Crippen molar-refractivity contribution in [1.82, 2.24) is 0 Å². The van der Waals surface area contributed by atoms with Gasteiger partial charge in [-0.25, -0.2) is 0 Å². The van der Waals surface area contributed by atoms with Gasteiger partial charge in [-0.05, 0) is 37.4 Å². The van der Waals surface area contributed by atoms with Crippen molar-refractivity contribution in [1.29, 1.82) is 0 Å². The fourth-order valence-corrected chi connectivity index (χ4v) is 3.07. The summed E-state index contributed by atoms with van der Waals surface area (Å²) in [6.45, 7) is 15.7. The van der Waals surface area contributed by atoms with Gasteiger partial charge in [0.05, 0.1) is 6.10 Å². The molecule has 1 nitrogen and oxygen atoms in total. The molecule has 0 N–H and O–H groups in total. The second-order valence-electron chi connectivity index (χ2n) is 6.27. The molecule has 1 rings (SSSR count). The van der Waals surface area contributed by atoms with Crippen LogP contribution in [-0.4, -0.2) is 14.4 Å². The maximum Gasteiger partial charge on any atom is 0.192 e. The quantitative estimate of drug-likeness (QED) is 0.497. The van der Waals surface area contributed by atoms with Crippen molar-refractivity contribution in [2.75, 3.05) is 0 Å². The Balaban J connectivity index is 2.63. The summed E-state index contributed by atoms with van der Waals surface area (Å²) in [5, 5.41) is 0.310. The molecule has 0 radical (unpaired) electrons.